The molecule has 166 valence electrons. The molecule has 2 aromatic carbocycles. The lowest BCUT2D eigenvalue weighted by Gasteiger charge is -2.24. The lowest BCUT2D eigenvalue weighted by Crippen LogP contribution is -2.22. The molecule has 0 fully saturated rings. The van der Waals surface area contributed by atoms with Gasteiger partial charge in [-0.2, -0.15) is 0 Å². The van der Waals surface area contributed by atoms with Crippen LogP contribution >= 0.6 is 0 Å². The Morgan fingerprint density at radius 2 is 1.03 bits per heavy atom. The Morgan fingerprint density at radius 1 is 0.588 bits per heavy atom. The average Bonchev–Trinajstić information content (AvgIpc) is 2.88. The van der Waals surface area contributed by atoms with Gasteiger partial charge >= 0.3 is 0 Å². The highest BCUT2D eigenvalue weighted by Crippen LogP contribution is 2.31. The summed E-state index contributed by atoms with van der Waals surface area (Å²) < 4.78 is 0. The van der Waals surface area contributed by atoms with Gasteiger partial charge in [-0.1, -0.05) is 50.2 Å². The maximum Gasteiger partial charge on any atom is 0.134 e. The minimum Gasteiger partial charge on any atom is -0.311 e. The zero-order chi connectivity index (χ0) is 23.1. The SMILES string of the molecule is CC(C)CCN(c1ccc2ccc3cccnc3c2n1)c1ccc2ccc3cccnc3c2n1. The fraction of sp³-hybridized carbons (Fsp3) is 0.172. The van der Waals surface area contributed by atoms with E-state index in [9.17, 15) is 0 Å². The maximum atomic E-state index is 5.11. The zero-order valence-electron chi connectivity index (χ0n) is 19.3. The molecule has 0 spiro atoms. The molecule has 4 heterocycles. The number of anilines is 2. The van der Waals surface area contributed by atoms with Crippen LogP contribution in [0.1, 0.15) is 20.3 Å². The first-order chi connectivity index (χ1) is 16.7. The van der Waals surface area contributed by atoms with Crippen molar-refractivity contribution >= 4 is 55.2 Å². The molecule has 4 aromatic heterocycles. The predicted octanol–water partition coefficient (Wildman–Crippen LogP) is 7.06. The lowest BCUT2D eigenvalue weighted by atomic mass is 10.1. The van der Waals surface area contributed by atoms with Gasteiger partial charge in [-0.3, -0.25) is 9.97 Å². The Bertz CT molecular complexity index is 1540. The molecular weight excluding hydrogens is 418 g/mol. The van der Waals surface area contributed by atoms with Gasteiger partial charge in [-0.25, -0.2) is 9.97 Å². The first kappa shape index (κ1) is 20.5. The van der Waals surface area contributed by atoms with Crippen LogP contribution < -0.4 is 4.90 Å². The number of fused-ring (bicyclic) bond motifs is 6. The Morgan fingerprint density at radius 3 is 1.50 bits per heavy atom. The monoisotopic (exact) mass is 443 g/mol. The van der Waals surface area contributed by atoms with Crippen molar-refractivity contribution in [3.63, 3.8) is 0 Å². The van der Waals surface area contributed by atoms with Gasteiger partial charge < -0.3 is 4.90 Å². The second-order valence-corrected chi connectivity index (χ2v) is 9.10. The second-order valence-electron chi connectivity index (χ2n) is 9.10. The third kappa shape index (κ3) is 3.59. The van der Waals surface area contributed by atoms with Gasteiger partial charge in [-0.15, -0.1) is 0 Å². The van der Waals surface area contributed by atoms with Crippen LogP contribution in [0, 0.1) is 5.92 Å². The van der Waals surface area contributed by atoms with Gasteiger partial charge in [-0.05, 0) is 48.7 Å². The van der Waals surface area contributed by atoms with Crippen molar-refractivity contribution < 1.29 is 0 Å². The molecule has 0 aliphatic heterocycles. The van der Waals surface area contributed by atoms with Crippen molar-refractivity contribution in [2.24, 2.45) is 5.92 Å². The first-order valence-electron chi connectivity index (χ1n) is 11.7. The molecule has 0 bridgehead atoms. The Labute approximate surface area is 198 Å². The van der Waals surface area contributed by atoms with E-state index in [1.165, 1.54) is 0 Å². The summed E-state index contributed by atoms with van der Waals surface area (Å²) in [5.41, 5.74) is 3.68. The highest BCUT2D eigenvalue weighted by Gasteiger charge is 2.16. The van der Waals surface area contributed by atoms with E-state index in [0.717, 1.165) is 68.2 Å². The number of nitrogens with zero attached hydrogens (tertiary/aromatic N) is 5. The molecule has 0 N–H and O–H groups in total. The van der Waals surface area contributed by atoms with E-state index in [1.807, 2.05) is 24.5 Å². The highest BCUT2D eigenvalue weighted by atomic mass is 15.2. The molecule has 34 heavy (non-hydrogen) atoms. The summed E-state index contributed by atoms with van der Waals surface area (Å²) in [6.07, 6.45) is 4.69. The fourth-order valence-corrected chi connectivity index (χ4v) is 4.46. The van der Waals surface area contributed by atoms with E-state index < -0.39 is 0 Å². The van der Waals surface area contributed by atoms with Crippen molar-refractivity contribution in [3.8, 4) is 0 Å². The lowest BCUT2D eigenvalue weighted by molar-refractivity contribution is 0.589. The van der Waals surface area contributed by atoms with Gasteiger partial charge in [0.25, 0.3) is 0 Å². The van der Waals surface area contributed by atoms with E-state index in [0.29, 0.717) is 5.92 Å². The number of aromatic nitrogens is 4. The predicted molar refractivity (Wildman–Crippen MR) is 141 cm³/mol. The third-order valence-corrected chi connectivity index (χ3v) is 6.32. The Kier molecular flexibility index (Phi) is 5.02. The second kappa shape index (κ2) is 8.34. The summed E-state index contributed by atoms with van der Waals surface area (Å²) in [5, 5.41) is 4.35. The van der Waals surface area contributed by atoms with Crippen molar-refractivity contribution in [2.45, 2.75) is 20.3 Å². The maximum absolute atomic E-state index is 5.11. The quantitative estimate of drug-likeness (QED) is 0.267. The van der Waals surface area contributed by atoms with Crippen molar-refractivity contribution in [2.75, 3.05) is 11.4 Å². The number of pyridine rings is 4. The Balaban J connectivity index is 1.54. The van der Waals surface area contributed by atoms with Crippen LogP contribution in [-0.4, -0.2) is 26.5 Å². The fourth-order valence-electron chi connectivity index (χ4n) is 4.46. The topological polar surface area (TPSA) is 54.8 Å². The summed E-state index contributed by atoms with van der Waals surface area (Å²) >= 11 is 0. The van der Waals surface area contributed by atoms with Crippen molar-refractivity contribution in [1.82, 2.24) is 19.9 Å². The molecule has 0 aliphatic carbocycles. The van der Waals surface area contributed by atoms with Gasteiger partial charge in [0, 0.05) is 40.5 Å². The number of rotatable bonds is 5. The van der Waals surface area contributed by atoms with Crippen LogP contribution in [0.15, 0.2) is 85.2 Å². The first-order valence-corrected chi connectivity index (χ1v) is 11.7. The van der Waals surface area contributed by atoms with Crippen LogP contribution in [0.2, 0.25) is 0 Å². The highest BCUT2D eigenvalue weighted by molar-refractivity contribution is 6.04. The molecule has 0 unspecified atom stereocenters. The molecule has 0 radical (unpaired) electrons. The van der Waals surface area contributed by atoms with E-state index in [2.05, 4.69) is 89.4 Å². The molecule has 6 aromatic rings. The minimum atomic E-state index is 0.563. The standard InChI is InChI=1S/C29H25N5/c1-19(2)15-18-34(24-13-11-22-9-7-20-5-3-16-30-26(20)28(22)32-24)25-14-12-23-10-8-21-6-4-17-31-27(21)29(23)33-25/h3-14,16-17,19H,15,18H2,1-2H3. The average molecular weight is 444 g/mol. The van der Waals surface area contributed by atoms with Crippen molar-refractivity contribution in [1.29, 1.82) is 0 Å². The normalized spacial score (nSPS) is 11.7. The summed E-state index contributed by atoms with van der Waals surface area (Å²) in [7, 11) is 0. The van der Waals surface area contributed by atoms with Gasteiger partial charge in [0.1, 0.15) is 11.6 Å². The number of benzene rings is 2. The van der Waals surface area contributed by atoms with E-state index >= 15 is 0 Å². The summed E-state index contributed by atoms with van der Waals surface area (Å²) in [4.78, 5) is 21.7. The van der Waals surface area contributed by atoms with E-state index in [4.69, 9.17) is 9.97 Å². The molecular formula is C29H25N5. The van der Waals surface area contributed by atoms with Gasteiger partial charge in [0.15, 0.2) is 0 Å². The number of hydrogen-bond acceptors (Lipinski definition) is 5. The zero-order valence-corrected chi connectivity index (χ0v) is 19.3. The van der Waals surface area contributed by atoms with Gasteiger partial charge in [0.2, 0.25) is 0 Å². The molecule has 6 rings (SSSR count). The van der Waals surface area contributed by atoms with Crippen LogP contribution in [0.4, 0.5) is 11.6 Å². The van der Waals surface area contributed by atoms with Crippen LogP contribution in [-0.2, 0) is 0 Å². The Hall–Kier alpha value is -4.12. The summed E-state index contributed by atoms with van der Waals surface area (Å²) in [5.74, 6) is 2.33. The van der Waals surface area contributed by atoms with E-state index in [1.54, 1.807) is 0 Å². The van der Waals surface area contributed by atoms with Gasteiger partial charge in [0.05, 0.1) is 22.1 Å². The number of hydrogen-bond donors (Lipinski definition) is 0. The molecule has 0 saturated heterocycles. The van der Waals surface area contributed by atoms with Crippen LogP contribution in [0.3, 0.4) is 0 Å². The van der Waals surface area contributed by atoms with Crippen LogP contribution in [0.25, 0.3) is 43.6 Å². The molecule has 0 amide bonds. The molecule has 5 nitrogen and oxygen atoms in total. The molecule has 0 atom stereocenters. The van der Waals surface area contributed by atoms with E-state index in [-0.39, 0.29) is 0 Å². The largest absolute Gasteiger partial charge is 0.311 e. The smallest absolute Gasteiger partial charge is 0.134 e. The molecule has 5 heteroatoms. The van der Waals surface area contributed by atoms with Crippen LogP contribution in [0.5, 0.6) is 0 Å². The third-order valence-electron chi connectivity index (χ3n) is 6.32. The minimum absolute atomic E-state index is 0.563. The summed E-state index contributed by atoms with van der Waals surface area (Å²) in [6.45, 7) is 5.31. The van der Waals surface area contributed by atoms with Crippen molar-refractivity contribution in [3.05, 3.63) is 85.2 Å². The molecule has 0 aliphatic rings. The summed E-state index contributed by atoms with van der Waals surface area (Å²) in [6, 6.07) is 25.0. The molecule has 0 saturated carbocycles.